The highest BCUT2D eigenvalue weighted by atomic mass is 15.1. The maximum Gasteiger partial charge on any atom is 0.0136 e. The van der Waals surface area contributed by atoms with Gasteiger partial charge in [-0.15, -0.1) is 0 Å². The van der Waals surface area contributed by atoms with Gasteiger partial charge in [-0.05, 0) is 70.1 Å². The molecule has 1 heterocycles. The van der Waals surface area contributed by atoms with Crippen LogP contribution in [0.15, 0.2) is 12.2 Å². The Hall–Kier alpha value is -0.340. The van der Waals surface area contributed by atoms with Crippen LogP contribution in [0.5, 0.6) is 0 Å². The Balaban J connectivity index is 1.27. The van der Waals surface area contributed by atoms with Gasteiger partial charge in [0.25, 0.3) is 0 Å². The van der Waals surface area contributed by atoms with Crippen LogP contribution in [0.1, 0.15) is 38.5 Å². The van der Waals surface area contributed by atoms with Crippen LogP contribution in [-0.4, -0.2) is 37.1 Å². The first kappa shape index (κ1) is 11.7. The molecular formula is C15H26N2. The summed E-state index contributed by atoms with van der Waals surface area (Å²) in [5, 5.41) is 3.75. The summed E-state index contributed by atoms with van der Waals surface area (Å²) in [6, 6.07) is 0.806. The third-order valence-electron chi connectivity index (χ3n) is 4.87. The lowest BCUT2D eigenvalue weighted by atomic mass is 9.71. The minimum Gasteiger partial charge on any atom is -0.313 e. The molecule has 1 saturated heterocycles. The molecule has 2 aliphatic carbocycles. The van der Waals surface area contributed by atoms with Crippen LogP contribution in [0.2, 0.25) is 0 Å². The van der Waals surface area contributed by atoms with Crippen LogP contribution in [0.4, 0.5) is 0 Å². The van der Waals surface area contributed by atoms with E-state index in [9.17, 15) is 0 Å². The Bertz CT molecular complexity index is 268. The Labute approximate surface area is 105 Å². The van der Waals surface area contributed by atoms with Crippen LogP contribution >= 0.6 is 0 Å². The molecule has 0 aromatic heterocycles. The van der Waals surface area contributed by atoms with E-state index in [0.717, 1.165) is 17.9 Å². The highest BCUT2D eigenvalue weighted by Gasteiger charge is 2.40. The Morgan fingerprint density at radius 2 is 2.06 bits per heavy atom. The zero-order valence-electron chi connectivity index (χ0n) is 10.9. The molecule has 0 amide bonds. The molecule has 3 unspecified atom stereocenters. The van der Waals surface area contributed by atoms with Gasteiger partial charge in [-0.1, -0.05) is 18.6 Å². The number of allylic oxidation sites excluding steroid dienone is 1. The van der Waals surface area contributed by atoms with Gasteiger partial charge >= 0.3 is 0 Å². The summed E-state index contributed by atoms with van der Waals surface area (Å²) in [5.74, 6) is 1.87. The summed E-state index contributed by atoms with van der Waals surface area (Å²) in [6.45, 7) is 5.22. The predicted molar refractivity (Wildman–Crippen MR) is 72.1 cm³/mol. The summed E-state index contributed by atoms with van der Waals surface area (Å²) < 4.78 is 0. The third-order valence-corrected chi connectivity index (χ3v) is 4.87. The van der Waals surface area contributed by atoms with Gasteiger partial charge in [0.1, 0.15) is 0 Å². The molecule has 2 fully saturated rings. The Morgan fingerprint density at radius 1 is 1.18 bits per heavy atom. The molecule has 0 radical (unpaired) electrons. The maximum atomic E-state index is 3.75. The van der Waals surface area contributed by atoms with Crippen molar-refractivity contribution in [3.05, 3.63) is 12.2 Å². The van der Waals surface area contributed by atoms with Gasteiger partial charge in [-0.2, -0.15) is 0 Å². The van der Waals surface area contributed by atoms with E-state index in [-0.39, 0.29) is 0 Å². The summed E-state index contributed by atoms with van der Waals surface area (Å²) in [6.07, 6.45) is 13.2. The van der Waals surface area contributed by atoms with Gasteiger partial charge in [0.15, 0.2) is 0 Å². The van der Waals surface area contributed by atoms with Crippen molar-refractivity contribution in [3.8, 4) is 0 Å². The average molecular weight is 234 g/mol. The second-order valence-electron chi connectivity index (χ2n) is 6.05. The van der Waals surface area contributed by atoms with Crippen molar-refractivity contribution < 1.29 is 0 Å². The van der Waals surface area contributed by atoms with E-state index in [4.69, 9.17) is 0 Å². The molecule has 2 heteroatoms. The minimum absolute atomic E-state index is 0.806. The smallest absolute Gasteiger partial charge is 0.0136 e. The summed E-state index contributed by atoms with van der Waals surface area (Å²) in [4.78, 5) is 2.64. The van der Waals surface area contributed by atoms with Crippen molar-refractivity contribution in [1.29, 1.82) is 0 Å². The predicted octanol–water partition coefficient (Wildman–Crippen LogP) is 2.42. The normalized spacial score (nSPS) is 36.8. The lowest BCUT2D eigenvalue weighted by Crippen LogP contribution is -2.48. The minimum atomic E-state index is 0.806. The highest BCUT2D eigenvalue weighted by molar-refractivity contribution is 5.12. The lowest BCUT2D eigenvalue weighted by Gasteiger charge is -2.41. The first-order valence-corrected chi connectivity index (χ1v) is 7.56. The second-order valence-corrected chi connectivity index (χ2v) is 6.05. The highest BCUT2D eigenvalue weighted by Crippen LogP contribution is 2.42. The zero-order valence-corrected chi connectivity index (χ0v) is 10.9. The van der Waals surface area contributed by atoms with Crippen molar-refractivity contribution >= 4 is 0 Å². The molecule has 1 aliphatic heterocycles. The van der Waals surface area contributed by atoms with E-state index < -0.39 is 0 Å². The van der Waals surface area contributed by atoms with E-state index in [1.54, 1.807) is 0 Å². The zero-order chi connectivity index (χ0) is 11.5. The SMILES string of the molecule is C1=CC2C(C1)CC2NCCCN1CCCCC1. The number of nitrogens with one attached hydrogen (secondary N) is 1. The monoisotopic (exact) mass is 234 g/mol. The van der Waals surface area contributed by atoms with Gasteiger partial charge in [0.2, 0.25) is 0 Å². The maximum absolute atomic E-state index is 3.75. The molecule has 96 valence electrons. The largest absolute Gasteiger partial charge is 0.313 e. The Morgan fingerprint density at radius 3 is 2.88 bits per heavy atom. The molecule has 0 spiro atoms. The van der Waals surface area contributed by atoms with Gasteiger partial charge in [-0.25, -0.2) is 0 Å². The van der Waals surface area contributed by atoms with Crippen LogP contribution in [0, 0.1) is 11.8 Å². The number of likely N-dealkylation sites (tertiary alicyclic amines) is 1. The summed E-state index contributed by atoms with van der Waals surface area (Å²) in [5.41, 5.74) is 0. The number of hydrogen-bond acceptors (Lipinski definition) is 2. The van der Waals surface area contributed by atoms with Crippen molar-refractivity contribution in [2.45, 2.75) is 44.6 Å². The topological polar surface area (TPSA) is 15.3 Å². The number of fused-ring (bicyclic) bond motifs is 1. The van der Waals surface area contributed by atoms with E-state index in [2.05, 4.69) is 22.4 Å². The van der Waals surface area contributed by atoms with Gasteiger partial charge in [-0.3, -0.25) is 0 Å². The standard InChI is InChI=1S/C15H26N2/c1-2-9-17(10-3-1)11-5-8-16-15-12-13-6-4-7-14(13)15/h4,7,13-16H,1-3,5-6,8-12H2. The Kier molecular flexibility index (Phi) is 3.82. The van der Waals surface area contributed by atoms with E-state index in [1.165, 1.54) is 64.7 Å². The van der Waals surface area contributed by atoms with E-state index >= 15 is 0 Å². The van der Waals surface area contributed by atoms with Crippen molar-refractivity contribution in [3.63, 3.8) is 0 Å². The molecular weight excluding hydrogens is 208 g/mol. The molecule has 2 nitrogen and oxygen atoms in total. The van der Waals surface area contributed by atoms with Crippen molar-refractivity contribution in [2.24, 2.45) is 11.8 Å². The van der Waals surface area contributed by atoms with Gasteiger partial charge in [0, 0.05) is 6.04 Å². The fourth-order valence-electron chi connectivity index (χ4n) is 3.72. The second kappa shape index (κ2) is 5.53. The lowest BCUT2D eigenvalue weighted by molar-refractivity contribution is 0.159. The van der Waals surface area contributed by atoms with Crippen LogP contribution in [0.25, 0.3) is 0 Å². The number of rotatable bonds is 5. The quantitative estimate of drug-likeness (QED) is 0.580. The van der Waals surface area contributed by atoms with E-state index in [0.29, 0.717) is 0 Å². The first-order chi connectivity index (χ1) is 8.43. The third kappa shape index (κ3) is 2.74. The first-order valence-electron chi connectivity index (χ1n) is 7.56. The number of piperidine rings is 1. The number of nitrogens with zero attached hydrogens (tertiary/aromatic N) is 1. The van der Waals surface area contributed by atoms with Crippen LogP contribution in [0.3, 0.4) is 0 Å². The summed E-state index contributed by atoms with van der Waals surface area (Å²) >= 11 is 0. The molecule has 0 aromatic carbocycles. The number of hydrogen-bond donors (Lipinski definition) is 1. The van der Waals surface area contributed by atoms with E-state index in [1.807, 2.05) is 0 Å². The summed E-state index contributed by atoms with van der Waals surface area (Å²) in [7, 11) is 0. The molecule has 3 rings (SSSR count). The molecule has 3 aliphatic rings. The van der Waals surface area contributed by atoms with Gasteiger partial charge < -0.3 is 10.2 Å². The molecule has 1 N–H and O–H groups in total. The molecule has 17 heavy (non-hydrogen) atoms. The molecule has 0 bridgehead atoms. The fourth-order valence-corrected chi connectivity index (χ4v) is 3.72. The molecule has 0 aromatic rings. The fraction of sp³-hybridized carbons (Fsp3) is 0.867. The van der Waals surface area contributed by atoms with Crippen molar-refractivity contribution in [2.75, 3.05) is 26.2 Å². The van der Waals surface area contributed by atoms with Gasteiger partial charge in [0.05, 0.1) is 0 Å². The van der Waals surface area contributed by atoms with Crippen molar-refractivity contribution in [1.82, 2.24) is 10.2 Å². The molecule has 3 atom stereocenters. The molecule has 1 saturated carbocycles. The average Bonchev–Trinajstić information content (AvgIpc) is 2.72. The van der Waals surface area contributed by atoms with Crippen LogP contribution < -0.4 is 5.32 Å². The van der Waals surface area contributed by atoms with Crippen LogP contribution in [-0.2, 0) is 0 Å².